The molecule has 0 spiro atoms. The molecule has 0 aliphatic carbocycles. The number of hydrogen-bond donors (Lipinski definition) is 0. The van der Waals surface area contributed by atoms with Crippen molar-refractivity contribution >= 4 is 12.3 Å². The first-order valence-electron chi connectivity index (χ1n) is 7.86. The molecule has 6 nitrogen and oxygen atoms in total. The summed E-state index contributed by atoms with van der Waals surface area (Å²) >= 11 is 0. The third-order valence-corrected chi connectivity index (χ3v) is 3.83. The molecule has 0 aliphatic rings. The van der Waals surface area contributed by atoms with Crippen molar-refractivity contribution in [1.82, 2.24) is 0 Å². The van der Waals surface area contributed by atoms with Gasteiger partial charge in [-0.05, 0) is 25.3 Å². The van der Waals surface area contributed by atoms with E-state index in [1.54, 1.807) is 19.1 Å². The van der Waals surface area contributed by atoms with Crippen molar-refractivity contribution < 1.29 is 19.2 Å². The van der Waals surface area contributed by atoms with Crippen LogP contribution in [0, 0.1) is 28.9 Å². The van der Waals surface area contributed by atoms with Crippen molar-refractivity contribution in [2.24, 2.45) is 11.8 Å². The van der Waals surface area contributed by atoms with E-state index in [4.69, 9.17) is 4.74 Å². The highest BCUT2D eigenvalue weighted by molar-refractivity contribution is 5.82. The van der Waals surface area contributed by atoms with Crippen LogP contribution in [-0.4, -0.2) is 23.8 Å². The number of esters is 1. The van der Waals surface area contributed by atoms with Crippen molar-refractivity contribution in [2.45, 2.75) is 33.6 Å². The minimum atomic E-state index is -0.817. The number of benzene rings is 1. The van der Waals surface area contributed by atoms with Crippen LogP contribution in [0.2, 0.25) is 0 Å². The normalized spacial score (nSPS) is 14.1. The van der Waals surface area contributed by atoms with E-state index in [1.165, 1.54) is 0 Å². The summed E-state index contributed by atoms with van der Waals surface area (Å²) < 4.78 is 4.79. The van der Waals surface area contributed by atoms with Gasteiger partial charge in [-0.2, -0.15) is 0 Å². The van der Waals surface area contributed by atoms with Gasteiger partial charge in [0.25, 0.3) is 5.70 Å². The van der Waals surface area contributed by atoms with Crippen LogP contribution in [0.25, 0.3) is 0 Å². The average Bonchev–Trinajstić information content (AvgIpc) is 2.51. The van der Waals surface area contributed by atoms with Crippen LogP contribution in [-0.2, 0) is 14.3 Å². The Hall–Kier alpha value is -2.50. The van der Waals surface area contributed by atoms with E-state index < -0.39 is 22.7 Å². The molecule has 0 amide bonds. The van der Waals surface area contributed by atoms with E-state index in [1.807, 2.05) is 32.9 Å². The maximum atomic E-state index is 11.7. The minimum Gasteiger partial charge on any atom is -0.463 e. The van der Waals surface area contributed by atoms with Gasteiger partial charge in [-0.15, -0.1) is 0 Å². The second-order valence-electron chi connectivity index (χ2n) is 5.92. The van der Waals surface area contributed by atoms with Gasteiger partial charge in [0.15, 0.2) is 0 Å². The molecular weight excluding hydrogens is 310 g/mol. The van der Waals surface area contributed by atoms with Crippen molar-refractivity contribution in [1.29, 1.82) is 0 Å². The fourth-order valence-corrected chi connectivity index (χ4v) is 2.55. The highest BCUT2D eigenvalue weighted by Crippen LogP contribution is 2.35. The first-order valence-corrected chi connectivity index (χ1v) is 7.86. The van der Waals surface area contributed by atoms with E-state index in [2.05, 4.69) is 0 Å². The predicted octanol–water partition coefficient (Wildman–Crippen LogP) is 3.27. The van der Waals surface area contributed by atoms with Crippen molar-refractivity contribution in [3.05, 3.63) is 57.3 Å². The molecule has 0 saturated carbocycles. The van der Waals surface area contributed by atoms with Gasteiger partial charge in [-0.1, -0.05) is 43.7 Å². The Morgan fingerprint density at radius 1 is 1.29 bits per heavy atom. The SMILES string of the molecule is CCOC(=O)/C=C(/[C@H](c1ccc(C)cc1)[C@H](C=O)C(C)C)[N+](=O)[O-]. The number of aldehydes is 1. The fourth-order valence-electron chi connectivity index (χ4n) is 2.55. The topological polar surface area (TPSA) is 86.5 Å². The molecule has 0 aliphatic heterocycles. The molecule has 0 heterocycles. The Morgan fingerprint density at radius 3 is 2.29 bits per heavy atom. The van der Waals surface area contributed by atoms with E-state index in [0.717, 1.165) is 17.9 Å². The Balaban J connectivity index is 3.47. The van der Waals surface area contributed by atoms with Crippen LogP contribution in [0.1, 0.15) is 37.8 Å². The van der Waals surface area contributed by atoms with Gasteiger partial charge in [-0.25, -0.2) is 4.79 Å². The van der Waals surface area contributed by atoms with Crippen molar-refractivity contribution in [3.63, 3.8) is 0 Å². The zero-order valence-corrected chi connectivity index (χ0v) is 14.4. The molecule has 0 aromatic heterocycles. The van der Waals surface area contributed by atoms with E-state index in [-0.39, 0.29) is 18.2 Å². The number of rotatable bonds is 8. The van der Waals surface area contributed by atoms with Gasteiger partial charge >= 0.3 is 5.97 Å². The standard InChI is InChI=1S/C18H23NO5/c1-5-24-17(21)10-16(19(22)23)18(15(11-20)12(2)3)14-8-6-13(4)7-9-14/h6-12,15,18H,5H2,1-4H3/b16-10-/t15-,18-/m1/s1. The van der Waals surface area contributed by atoms with Crippen molar-refractivity contribution in [3.8, 4) is 0 Å². The maximum absolute atomic E-state index is 11.7. The van der Waals surface area contributed by atoms with Crippen LogP contribution in [0.15, 0.2) is 36.0 Å². The van der Waals surface area contributed by atoms with Gasteiger partial charge in [-0.3, -0.25) is 10.1 Å². The molecule has 0 radical (unpaired) electrons. The van der Waals surface area contributed by atoms with Crippen molar-refractivity contribution in [2.75, 3.05) is 6.61 Å². The average molecular weight is 333 g/mol. The molecule has 1 aromatic rings. The first kappa shape index (κ1) is 19.5. The van der Waals surface area contributed by atoms with Gasteiger partial charge in [0.2, 0.25) is 0 Å². The minimum absolute atomic E-state index is 0.122. The van der Waals surface area contributed by atoms with Gasteiger partial charge in [0.05, 0.1) is 23.5 Å². The summed E-state index contributed by atoms with van der Waals surface area (Å²) in [5, 5.41) is 11.6. The van der Waals surface area contributed by atoms with Crippen LogP contribution in [0.3, 0.4) is 0 Å². The number of allylic oxidation sites excluding steroid dienone is 1. The molecule has 6 heteroatoms. The summed E-state index contributed by atoms with van der Waals surface area (Å²) in [7, 11) is 0. The fraction of sp³-hybridized carbons (Fsp3) is 0.444. The lowest BCUT2D eigenvalue weighted by Crippen LogP contribution is -2.25. The summed E-state index contributed by atoms with van der Waals surface area (Å²) in [4.78, 5) is 34.3. The third-order valence-electron chi connectivity index (χ3n) is 3.83. The summed E-state index contributed by atoms with van der Waals surface area (Å²) in [5.74, 6) is -2.35. The monoisotopic (exact) mass is 333 g/mol. The quantitative estimate of drug-likeness (QED) is 0.239. The molecule has 0 bridgehead atoms. The third kappa shape index (κ3) is 5.01. The zero-order valence-electron chi connectivity index (χ0n) is 14.4. The number of carbonyl (C=O) groups is 2. The summed E-state index contributed by atoms with van der Waals surface area (Å²) in [6.45, 7) is 7.29. The predicted molar refractivity (Wildman–Crippen MR) is 90.0 cm³/mol. The van der Waals surface area contributed by atoms with Gasteiger partial charge < -0.3 is 9.53 Å². The Kier molecular flexibility index (Phi) is 7.30. The number of hydrogen-bond acceptors (Lipinski definition) is 5. The second kappa shape index (κ2) is 8.96. The number of nitro groups is 1. The van der Waals surface area contributed by atoms with E-state index in [0.29, 0.717) is 5.56 Å². The molecular formula is C18H23NO5. The molecule has 0 saturated heterocycles. The highest BCUT2D eigenvalue weighted by atomic mass is 16.6. The maximum Gasteiger partial charge on any atom is 0.337 e. The molecule has 1 rings (SSSR count). The molecule has 0 unspecified atom stereocenters. The number of nitrogens with zero attached hydrogens (tertiary/aromatic N) is 1. The molecule has 0 N–H and O–H groups in total. The van der Waals surface area contributed by atoms with Crippen LogP contribution < -0.4 is 0 Å². The van der Waals surface area contributed by atoms with Crippen LogP contribution >= 0.6 is 0 Å². The summed E-state index contributed by atoms with van der Waals surface area (Å²) in [5.41, 5.74) is 1.29. The molecule has 130 valence electrons. The Labute approximate surface area is 141 Å². The van der Waals surface area contributed by atoms with Crippen LogP contribution in [0.5, 0.6) is 0 Å². The van der Waals surface area contributed by atoms with E-state index >= 15 is 0 Å². The smallest absolute Gasteiger partial charge is 0.337 e. The number of carbonyl (C=O) groups excluding carboxylic acids is 2. The highest BCUT2D eigenvalue weighted by Gasteiger charge is 2.36. The van der Waals surface area contributed by atoms with Crippen LogP contribution in [0.4, 0.5) is 0 Å². The number of ether oxygens (including phenoxy) is 1. The van der Waals surface area contributed by atoms with Gasteiger partial charge in [0.1, 0.15) is 6.29 Å². The molecule has 1 aromatic carbocycles. The zero-order chi connectivity index (χ0) is 18.3. The summed E-state index contributed by atoms with van der Waals surface area (Å²) in [6.07, 6.45) is 1.60. The Bertz CT molecular complexity index is 619. The van der Waals surface area contributed by atoms with E-state index in [9.17, 15) is 19.7 Å². The lowest BCUT2D eigenvalue weighted by atomic mass is 9.78. The first-order chi connectivity index (χ1) is 11.3. The molecule has 0 fully saturated rings. The Morgan fingerprint density at radius 2 is 1.88 bits per heavy atom. The molecule has 24 heavy (non-hydrogen) atoms. The summed E-state index contributed by atoms with van der Waals surface area (Å²) in [6, 6.07) is 7.15. The second-order valence-corrected chi connectivity index (χ2v) is 5.92. The largest absolute Gasteiger partial charge is 0.463 e. The van der Waals surface area contributed by atoms with Gasteiger partial charge in [0, 0.05) is 5.92 Å². The lowest BCUT2D eigenvalue weighted by molar-refractivity contribution is -0.431. The number of aryl methyl sites for hydroxylation is 1. The lowest BCUT2D eigenvalue weighted by Gasteiger charge is -2.24. The molecule has 2 atom stereocenters.